The van der Waals surface area contributed by atoms with Crippen molar-refractivity contribution in [2.45, 2.75) is 32.7 Å². The molecule has 20 heavy (non-hydrogen) atoms. The van der Waals surface area contributed by atoms with Crippen LogP contribution in [0.5, 0.6) is 0 Å². The lowest BCUT2D eigenvalue weighted by molar-refractivity contribution is -0.146. The predicted molar refractivity (Wildman–Crippen MR) is 76.7 cm³/mol. The molecule has 0 aromatic heterocycles. The molecular weight excluding hydrogens is 256 g/mol. The number of rotatable bonds is 2. The number of carbonyl (C=O) groups excluding carboxylic acids is 3. The molecule has 2 saturated heterocycles. The number of allylic oxidation sites excluding steroid dienone is 2. The van der Waals surface area contributed by atoms with Gasteiger partial charge in [0.2, 0.25) is 5.91 Å². The summed E-state index contributed by atoms with van der Waals surface area (Å²) in [5.74, 6) is -1.24. The minimum atomic E-state index is -0.716. The first-order valence-corrected chi connectivity index (χ1v) is 6.75. The number of nitrogens with zero attached hydrogens (tertiary/aromatic N) is 1. The molecule has 1 atom stereocenters. The highest BCUT2D eigenvalue weighted by Crippen LogP contribution is 2.27. The van der Waals surface area contributed by atoms with Gasteiger partial charge in [-0.25, -0.2) is 0 Å². The third-order valence-corrected chi connectivity index (χ3v) is 3.10. The Bertz CT molecular complexity index is 491. The van der Waals surface area contributed by atoms with E-state index in [0.717, 1.165) is 11.3 Å². The first kappa shape index (κ1) is 15.9. The van der Waals surface area contributed by atoms with Crippen LogP contribution in [0.2, 0.25) is 0 Å². The van der Waals surface area contributed by atoms with Crippen LogP contribution in [0.15, 0.2) is 36.5 Å². The van der Waals surface area contributed by atoms with Gasteiger partial charge in [0, 0.05) is 12.1 Å². The van der Waals surface area contributed by atoms with E-state index in [0.29, 0.717) is 13.0 Å². The van der Waals surface area contributed by atoms with Gasteiger partial charge in [-0.2, -0.15) is 0 Å². The molecule has 2 aliphatic rings. The molecule has 0 aromatic carbocycles. The van der Waals surface area contributed by atoms with Crippen molar-refractivity contribution in [2.24, 2.45) is 0 Å². The van der Waals surface area contributed by atoms with Crippen molar-refractivity contribution in [3.8, 4) is 0 Å². The van der Waals surface area contributed by atoms with Crippen LogP contribution in [-0.2, 0) is 14.4 Å². The van der Waals surface area contributed by atoms with Gasteiger partial charge in [0.25, 0.3) is 11.8 Å². The summed E-state index contributed by atoms with van der Waals surface area (Å²) in [6.07, 6.45) is 4.12. The Balaban J connectivity index is 0.000000956. The smallest absolute Gasteiger partial charge is 0.262 e. The Morgan fingerprint density at radius 1 is 1.25 bits per heavy atom. The van der Waals surface area contributed by atoms with Crippen LogP contribution >= 0.6 is 0 Å². The molecule has 0 radical (unpaired) electrons. The highest BCUT2D eigenvalue weighted by Gasteiger charge is 2.44. The van der Waals surface area contributed by atoms with Crippen LogP contribution in [0, 0.1) is 0 Å². The van der Waals surface area contributed by atoms with E-state index in [2.05, 4.69) is 18.5 Å². The molecule has 5 heteroatoms. The lowest BCUT2D eigenvalue weighted by atomic mass is 10.1. The molecule has 108 valence electrons. The number of piperidine rings is 1. The summed E-state index contributed by atoms with van der Waals surface area (Å²) in [4.78, 5) is 36.8. The maximum absolute atomic E-state index is 12.1. The van der Waals surface area contributed by atoms with Gasteiger partial charge in [0.15, 0.2) is 0 Å². The van der Waals surface area contributed by atoms with E-state index in [4.69, 9.17) is 0 Å². The highest BCUT2D eigenvalue weighted by atomic mass is 16.2. The second kappa shape index (κ2) is 6.84. The number of carbonyl (C=O) groups is 3. The fraction of sp³-hybridized carbons (Fsp3) is 0.400. The third-order valence-electron chi connectivity index (χ3n) is 3.10. The van der Waals surface area contributed by atoms with Crippen LogP contribution in [0.1, 0.15) is 26.7 Å². The van der Waals surface area contributed by atoms with Crippen LogP contribution in [-0.4, -0.2) is 35.2 Å². The normalized spacial score (nSPS) is 24.4. The lowest BCUT2D eigenvalue weighted by Gasteiger charge is -2.28. The number of nitrogens with one attached hydrogen (secondary N) is 1. The first-order valence-electron chi connectivity index (χ1n) is 6.75. The molecule has 0 aromatic rings. The fourth-order valence-electron chi connectivity index (χ4n) is 2.19. The molecule has 0 spiro atoms. The lowest BCUT2D eigenvalue weighted by Crippen LogP contribution is -2.52. The zero-order valence-electron chi connectivity index (χ0n) is 11.9. The van der Waals surface area contributed by atoms with Gasteiger partial charge < -0.3 is 5.32 Å². The van der Waals surface area contributed by atoms with Gasteiger partial charge >= 0.3 is 0 Å². The molecule has 3 amide bonds. The molecule has 2 heterocycles. The molecule has 1 unspecified atom stereocenters. The van der Waals surface area contributed by atoms with Crippen molar-refractivity contribution in [1.29, 1.82) is 0 Å². The Morgan fingerprint density at radius 2 is 1.90 bits per heavy atom. The molecule has 2 fully saturated rings. The summed E-state index contributed by atoms with van der Waals surface area (Å²) in [6, 6.07) is -0.716. The number of likely N-dealkylation sites (tertiary alicyclic amines) is 1. The zero-order chi connectivity index (χ0) is 15.3. The molecule has 1 N–H and O–H groups in total. The van der Waals surface area contributed by atoms with Crippen molar-refractivity contribution >= 4 is 17.7 Å². The number of hydrogen-bond donors (Lipinski definition) is 1. The van der Waals surface area contributed by atoms with Crippen LogP contribution in [0.3, 0.4) is 0 Å². The molecule has 0 saturated carbocycles. The number of amides is 3. The van der Waals surface area contributed by atoms with Gasteiger partial charge in [-0.1, -0.05) is 33.1 Å². The quantitative estimate of drug-likeness (QED) is 0.611. The molecule has 0 bridgehead atoms. The summed E-state index contributed by atoms with van der Waals surface area (Å²) < 4.78 is 0. The summed E-state index contributed by atoms with van der Waals surface area (Å²) >= 11 is 0. The van der Waals surface area contributed by atoms with E-state index in [1.807, 2.05) is 13.8 Å². The van der Waals surface area contributed by atoms with E-state index >= 15 is 0 Å². The van der Waals surface area contributed by atoms with Crippen molar-refractivity contribution < 1.29 is 14.4 Å². The second-order valence-electron chi connectivity index (χ2n) is 4.22. The SMILES string of the molecule is C=C/C=C1\C(=C)C(=O)N(C2CCCNC2=O)C1=O.CC. The van der Waals surface area contributed by atoms with Gasteiger partial charge in [-0.3, -0.25) is 19.3 Å². The van der Waals surface area contributed by atoms with Gasteiger partial charge in [0.05, 0.1) is 5.57 Å². The highest BCUT2D eigenvalue weighted by molar-refractivity contribution is 6.25. The van der Waals surface area contributed by atoms with Crippen molar-refractivity contribution in [2.75, 3.05) is 6.54 Å². The van der Waals surface area contributed by atoms with Crippen LogP contribution < -0.4 is 5.32 Å². The molecule has 0 aliphatic carbocycles. The van der Waals surface area contributed by atoms with E-state index in [1.54, 1.807) is 0 Å². The van der Waals surface area contributed by atoms with Gasteiger partial charge in [0.1, 0.15) is 6.04 Å². The van der Waals surface area contributed by atoms with Crippen molar-refractivity contribution in [1.82, 2.24) is 10.2 Å². The van der Waals surface area contributed by atoms with Crippen molar-refractivity contribution in [3.05, 3.63) is 36.5 Å². The van der Waals surface area contributed by atoms with Gasteiger partial charge in [-0.05, 0) is 18.9 Å². The monoisotopic (exact) mass is 276 g/mol. The topological polar surface area (TPSA) is 66.5 Å². The molecule has 5 nitrogen and oxygen atoms in total. The minimum Gasteiger partial charge on any atom is -0.354 e. The van der Waals surface area contributed by atoms with Crippen LogP contribution in [0.4, 0.5) is 0 Å². The zero-order valence-corrected chi connectivity index (χ0v) is 11.9. The maximum atomic E-state index is 12.1. The average Bonchev–Trinajstić information content (AvgIpc) is 2.67. The van der Waals surface area contributed by atoms with E-state index < -0.39 is 17.9 Å². The Labute approximate surface area is 119 Å². The Kier molecular flexibility index (Phi) is 5.43. The third kappa shape index (κ3) is 2.71. The summed E-state index contributed by atoms with van der Waals surface area (Å²) in [7, 11) is 0. The van der Waals surface area contributed by atoms with E-state index in [1.165, 1.54) is 12.2 Å². The summed E-state index contributed by atoms with van der Waals surface area (Å²) in [5.41, 5.74) is 0.339. The number of hydrogen-bond acceptors (Lipinski definition) is 3. The maximum Gasteiger partial charge on any atom is 0.262 e. The molecule has 2 aliphatic heterocycles. The standard InChI is InChI=1S/C13H14N2O3.C2H6/c1-3-5-9-8(2)12(17)15(13(9)18)10-6-4-7-14-11(10)16;1-2/h3,5,10H,1-2,4,6-7H2,(H,14,16);1-2H3/b9-5+;. The fourth-order valence-corrected chi connectivity index (χ4v) is 2.19. The minimum absolute atomic E-state index is 0.123. The second-order valence-corrected chi connectivity index (χ2v) is 4.22. The molecule has 2 rings (SSSR count). The Morgan fingerprint density at radius 3 is 2.45 bits per heavy atom. The number of imide groups is 1. The Hall–Kier alpha value is -2.17. The van der Waals surface area contributed by atoms with Gasteiger partial charge in [-0.15, -0.1) is 0 Å². The molecular formula is C15H20N2O3. The van der Waals surface area contributed by atoms with E-state index in [9.17, 15) is 14.4 Å². The predicted octanol–water partition coefficient (Wildman–Crippen LogP) is 1.33. The van der Waals surface area contributed by atoms with E-state index in [-0.39, 0.29) is 17.1 Å². The summed E-state index contributed by atoms with van der Waals surface area (Å²) in [5, 5.41) is 2.66. The first-order chi connectivity index (χ1) is 9.57. The summed E-state index contributed by atoms with van der Waals surface area (Å²) in [6.45, 7) is 11.7. The largest absolute Gasteiger partial charge is 0.354 e. The van der Waals surface area contributed by atoms with Crippen LogP contribution in [0.25, 0.3) is 0 Å². The van der Waals surface area contributed by atoms with Crippen molar-refractivity contribution in [3.63, 3.8) is 0 Å². The average molecular weight is 276 g/mol.